The summed E-state index contributed by atoms with van der Waals surface area (Å²) in [7, 11) is 0. The zero-order chi connectivity index (χ0) is 23.5. The van der Waals surface area contributed by atoms with Crippen molar-refractivity contribution in [2.75, 3.05) is 0 Å². The fraction of sp³-hybridized carbons (Fsp3) is 0.333. The van der Waals surface area contributed by atoms with Crippen LogP contribution in [-0.2, 0) is 19.3 Å². The molecule has 3 aromatic rings. The molecule has 0 bridgehead atoms. The van der Waals surface area contributed by atoms with Crippen molar-refractivity contribution in [3.63, 3.8) is 0 Å². The third kappa shape index (κ3) is 5.00. The molecule has 0 aliphatic heterocycles. The first kappa shape index (κ1) is 23.5. The van der Waals surface area contributed by atoms with Crippen LogP contribution in [0.25, 0.3) is 10.9 Å². The number of nitrogens with zero attached hydrogens (tertiary/aromatic N) is 1. The van der Waals surface area contributed by atoms with Crippen LogP contribution in [0.1, 0.15) is 53.2 Å². The van der Waals surface area contributed by atoms with Crippen molar-refractivity contribution in [3.8, 4) is 0 Å². The summed E-state index contributed by atoms with van der Waals surface area (Å²) in [4.78, 5) is 26.1. The average Bonchev–Trinajstić information content (AvgIpc) is 2.74. The molecule has 1 heterocycles. The molecule has 8 heteroatoms. The lowest BCUT2D eigenvalue weighted by Gasteiger charge is -2.17. The van der Waals surface area contributed by atoms with Gasteiger partial charge in [0, 0.05) is 18.5 Å². The molecule has 0 aliphatic rings. The average molecular weight is 448 g/mol. The summed E-state index contributed by atoms with van der Waals surface area (Å²) in [6.45, 7) is 3.73. The Morgan fingerprint density at radius 1 is 1.09 bits per heavy atom. The molecule has 0 atom stereocenters. The van der Waals surface area contributed by atoms with Crippen LogP contribution < -0.4 is 10.9 Å². The Morgan fingerprint density at radius 3 is 2.50 bits per heavy atom. The number of hydrogen-bond acceptors (Lipinski definition) is 2. The van der Waals surface area contributed by atoms with Gasteiger partial charge in [-0.05, 0) is 48.7 Å². The van der Waals surface area contributed by atoms with E-state index in [2.05, 4.69) is 5.32 Å². The number of carbonyl (C=O) groups is 1. The number of hydrogen-bond donors (Lipinski definition) is 1. The van der Waals surface area contributed by atoms with E-state index in [0.717, 1.165) is 25.0 Å². The van der Waals surface area contributed by atoms with Gasteiger partial charge in [-0.15, -0.1) is 0 Å². The molecule has 2 aromatic carbocycles. The van der Waals surface area contributed by atoms with Crippen LogP contribution in [0.5, 0.6) is 0 Å². The van der Waals surface area contributed by atoms with E-state index >= 15 is 0 Å². The van der Waals surface area contributed by atoms with Crippen LogP contribution in [0.15, 0.2) is 47.3 Å². The lowest BCUT2D eigenvalue weighted by molar-refractivity contribution is -0.137. The number of aryl methyl sites for hydroxylation is 2. The summed E-state index contributed by atoms with van der Waals surface area (Å²) >= 11 is 0. The third-order valence-electron chi connectivity index (χ3n) is 5.41. The smallest absolute Gasteiger partial charge is 0.348 e. The second-order valence-electron chi connectivity index (χ2n) is 7.71. The number of aromatic nitrogens is 1. The molecular weight excluding hydrogens is 424 g/mol. The Balaban J connectivity index is 2.07. The van der Waals surface area contributed by atoms with Gasteiger partial charge in [0.1, 0.15) is 11.4 Å². The minimum absolute atomic E-state index is 0.0103. The van der Waals surface area contributed by atoms with Crippen LogP contribution in [0.2, 0.25) is 0 Å². The van der Waals surface area contributed by atoms with Crippen LogP contribution >= 0.6 is 0 Å². The molecule has 3 rings (SSSR count). The molecule has 4 nitrogen and oxygen atoms in total. The first-order chi connectivity index (χ1) is 15.1. The van der Waals surface area contributed by atoms with Crippen LogP contribution in [0, 0.1) is 12.7 Å². The summed E-state index contributed by atoms with van der Waals surface area (Å²) in [6.07, 6.45) is -2.29. The summed E-state index contributed by atoms with van der Waals surface area (Å²) < 4.78 is 54.5. The molecule has 0 saturated heterocycles. The summed E-state index contributed by atoms with van der Waals surface area (Å²) in [5.74, 6) is -1.10. The topological polar surface area (TPSA) is 51.1 Å². The zero-order valence-corrected chi connectivity index (χ0v) is 17.9. The summed E-state index contributed by atoms with van der Waals surface area (Å²) in [5.41, 5.74) is -0.624. The molecule has 32 heavy (non-hydrogen) atoms. The van der Waals surface area contributed by atoms with Gasteiger partial charge in [0.2, 0.25) is 0 Å². The van der Waals surface area contributed by atoms with E-state index in [1.807, 2.05) is 6.92 Å². The normalized spacial score (nSPS) is 11.7. The molecule has 0 radical (unpaired) electrons. The Bertz CT molecular complexity index is 1200. The number of unbranched alkanes of at least 4 members (excludes halogenated alkanes) is 2. The van der Waals surface area contributed by atoms with Crippen LogP contribution in [-0.4, -0.2) is 10.5 Å². The van der Waals surface area contributed by atoms with E-state index < -0.39 is 29.0 Å². The van der Waals surface area contributed by atoms with E-state index in [-0.39, 0.29) is 24.2 Å². The molecule has 0 unspecified atom stereocenters. The number of amides is 1. The van der Waals surface area contributed by atoms with E-state index in [1.54, 1.807) is 13.0 Å². The van der Waals surface area contributed by atoms with Gasteiger partial charge in [-0.25, -0.2) is 4.39 Å². The number of rotatable bonds is 7. The first-order valence-electron chi connectivity index (χ1n) is 10.4. The van der Waals surface area contributed by atoms with Crippen molar-refractivity contribution < 1.29 is 22.4 Å². The Morgan fingerprint density at radius 2 is 1.84 bits per heavy atom. The molecule has 0 spiro atoms. The summed E-state index contributed by atoms with van der Waals surface area (Å²) in [6, 6.07) is 8.91. The van der Waals surface area contributed by atoms with Crippen LogP contribution in [0.3, 0.4) is 0 Å². The van der Waals surface area contributed by atoms with Gasteiger partial charge in [-0.1, -0.05) is 38.0 Å². The fourth-order valence-corrected chi connectivity index (χ4v) is 3.71. The van der Waals surface area contributed by atoms with E-state index in [1.165, 1.54) is 28.8 Å². The fourth-order valence-electron chi connectivity index (χ4n) is 3.71. The highest BCUT2D eigenvalue weighted by Crippen LogP contribution is 2.32. The van der Waals surface area contributed by atoms with Gasteiger partial charge in [-0.2, -0.15) is 13.2 Å². The predicted octanol–water partition coefficient (Wildman–Crippen LogP) is 5.59. The molecule has 1 aromatic heterocycles. The lowest BCUT2D eigenvalue weighted by Crippen LogP contribution is -2.34. The maximum atomic E-state index is 13.4. The van der Waals surface area contributed by atoms with Gasteiger partial charge < -0.3 is 9.88 Å². The van der Waals surface area contributed by atoms with Gasteiger partial charge in [-0.3, -0.25) is 9.59 Å². The van der Waals surface area contributed by atoms with E-state index in [4.69, 9.17) is 0 Å². The quantitative estimate of drug-likeness (QED) is 0.379. The van der Waals surface area contributed by atoms with Crippen molar-refractivity contribution in [1.29, 1.82) is 0 Å². The Hall–Kier alpha value is -3.16. The standard InChI is InChI=1S/C24H24F4N2O2/c1-3-4-5-11-30-20-13-17(24(26,27)28)9-10-19(20)15(2)21(23(30)32)22(31)29-14-16-7-6-8-18(25)12-16/h6-10,12-13H,3-5,11,14H2,1-2H3,(H,29,31). The number of halogens is 4. The SMILES string of the molecule is CCCCCn1c(=O)c(C(=O)NCc2cccc(F)c2)c(C)c2ccc(C(F)(F)F)cc21. The van der Waals surface area contributed by atoms with Gasteiger partial charge in [0.15, 0.2) is 0 Å². The molecule has 1 N–H and O–H groups in total. The lowest BCUT2D eigenvalue weighted by atomic mass is 10.0. The molecule has 1 amide bonds. The number of carbonyl (C=O) groups excluding carboxylic acids is 1. The molecule has 170 valence electrons. The van der Waals surface area contributed by atoms with Gasteiger partial charge in [0.05, 0.1) is 11.1 Å². The number of alkyl halides is 3. The van der Waals surface area contributed by atoms with E-state index in [0.29, 0.717) is 22.9 Å². The minimum Gasteiger partial charge on any atom is -0.348 e. The van der Waals surface area contributed by atoms with Gasteiger partial charge >= 0.3 is 6.18 Å². The Kier molecular flexibility index (Phi) is 7.01. The monoisotopic (exact) mass is 448 g/mol. The molecular formula is C24H24F4N2O2. The number of pyridine rings is 1. The minimum atomic E-state index is -4.55. The maximum absolute atomic E-state index is 13.4. The van der Waals surface area contributed by atoms with Gasteiger partial charge in [0.25, 0.3) is 11.5 Å². The predicted molar refractivity (Wildman–Crippen MR) is 115 cm³/mol. The highest BCUT2D eigenvalue weighted by Gasteiger charge is 2.31. The van der Waals surface area contributed by atoms with E-state index in [9.17, 15) is 27.2 Å². The molecule has 0 aliphatic carbocycles. The second-order valence-corrected chi connectivity index (χ2v) is 7.71. The maximum Gasteiger partial charge on any atom is 0.416 e. The van der Waals surface area contributed by atoms with Crippen molar-refractivity contribution in [2.45, 2.75) is 52.4 Å². The third-order valence-corrected chi connectivity index (χ3v) is 5.41. The largest absolute Gasteiger partial charge is 0.416 e. The van der Waals surface area contributed by atoms with Crippen molar-refractivity contribution >= 4 is 16.8 Å². The second kappa shape index (κ2) is 9.54. The highest BCUT2D eigenvalue weighted by atomic mass is 19.4. The first-order valence-corrected chi connectivity index (χ1v) is 10.4. The van der Waals surface area contributed by atoms with Crippen LogP contribution in [0.4, 0.5) is 17.6 Å². The molecule has 0 fully saturated rings. The van der Waals surface area contributed by atoms with Crippen molar-refractivity contribution in [2.24, 2.45) is 0 Å². The molecule has 0 saturated carbocycles. The van der Waals surface area contributed by atoms with Crippen molar-refractivity contribution in [1.82, 2.24) is 9.88 Å². The number of nitrogens with one attached hydrogen (secondary N) is 1. The van der Waals surface area contributed by atoms with Crippen molar-refractivity contribution in [3.05, 3.63) is 80.9 Å². The Labute approximate surface area is 182 Å². The zero-order valence-electron chi connectivity index (χ0n) is 17.9. The summed E-state index contributed by atoms with van der Waals surface area (Å²) in [5, 5.41) is 3.03. The highest BCUT2D eigenvalue weighted by molar-refractivity contribution is 6.00. The number of fused-ring (bicyclic) bond motifs is 1. The number of benzene rings is 2.